The second-order valence-corrected chi connectivity index (χ2v) is 7.47. The second kappa shape index (κ2) is 9.75. The van der Waals surface area contributed by atoms with Gasteiger partial charge in [0.05, 0.1) is 13.7 Å². The molecular formula is C22H23N3O3S. The van der Waals surface area contributed by atoms with Gasteiger partial charge in [0, 0.05) is 34.8 Å². The Hall–Kier alpha value is -3.32. The number of carbonyl (C=O) groups is 2. The number of benzene rings is 2. The van der Waals surface area contributed by atoms with Crippen molar-refractivity contribution in [2.24, 2.45) is 5.73 Å². The molecule has 0 unspecified atom stereocenters. The molecule has 0 aliphatic carbocycles. The number of primary amides is 1. The number of hydrogen-bond acceptors (Lipinski definition) is 5. The van der Waals surface area contributed by atoms with Crippen molar-refractivity contribution < 1.29 is 14.3 Å². The van der Waals surface area contributed by atoms with Gasteiger partial charge in [-0.2, -0.15) is 0 Å². The molecule has 2 aromatic carbocycles. The van der Waals surface area contributed by atoms with Crippen LogP contribution in [-0.2, 0) is 11.3 Å². The molecule has 0 spiro atoms. The van der Waals surface area contributed by atoms with Crippen LogP contribution in [0.1, 0.15) is 21.7 Å². The van der Waals surface area contributed by atoms with Crippen molar-refractivity contribution in [1.29, 1.82) is 0 Å². The lowest BCUT2D eigenvalue weighted by molar-refractivity contribution is -0.116. The standard InChI is InChI=1S/C22H23N3O3S/c1-28-19-10-8-18(9-11-19)25(15-20-3-2-14-29-20)13-12-21(26)24-17-6-4-16(5-7-17)22(23)27/h2-11,14H,12-13,15H2,1H3,(H2,23,27)(H,24,26). The number of nitrogens with two attached hydrogens (primary N) is 1. The van der Waals surface area contributed by atoms with Gasteiger partial charge in [-0.3, -0.25) is 9.59 Å². The Morgan fingerprint density at radius 3 is 2.38 bits per heavy atom. The maximum absolute atomic E-state index is 12.4. The number of thiophene rings is 1. The number of amides is 2. The predicted molar refractivity (Wildman–Crippen MR) is 117 cm³/mol. The van der Waals surface area contributed by atoms with E-state index < -0.39 is 5.91 Å². The largest absolute Gasteiger partial charge is 0.497 e. The molecule has 0 atom stereocenters. The van der Waals surface area contributed by atoms with Crippen molar-refractivity contribution in [2.75, 3.05) is 23.9 Å². The number of methoxy groups -OCH3 is 1. The first-order valence-corrected chi connectivity index (χ1v) is 10.0. The van der Waals surface area contributed by atoms with Crippen LogP contribution in [0.25, 0.3) is 0 Å². The van der Waals surface area contributed by atoms with Crippen LogP contribution in [0.4, 0.5) is 11.4 Å². The van der Waals surface area contributed by atoms with E-state index in [4.69, 9.17) is 10.5 Å². The highest BCUT2D eigenvalue weighted by Gasteiger charge is 2.12. The summed E-state index contributed by atoms with van der Waals surface area (Å²) < 4.78 is 5.23. The Balaban J connectivity index is 1.63. The lowest BCUT2D eigenvalue weighted by Crippen LogP contribution is -2.27. The zero-order valence-corrected chi connectivity index (χ0v) is 16.9. The average Bonchev–Trinajstić information content (AvgIpc) is 3.25. The molecule has 2 amide bonds. The summed E-state index contributed by atoms with van der Waals surface area (Å²) in [6.45, 7) is 1.29. The Bertz CT molecular complexity index is 938. The van der Waals surface area contributed by atoms with Crippen LogP contribution in [-0.4, -0.2) is 25.5 Å². The predicted octanol–water partition coefficient (Wildman–Crippen LogP) is 3.89. The number of nitrogens with zero attached hydrogens (tertiary/aromatic N) is 1. The van der Waals surface area contributed by atoms with E-state index in [-0.39, 0.29) is 5.91 Å². The van der Waals surface area contributed by atoms with Gasteiger partial charge in [0.15, 0.2) is 0 Å². The molecule has 0 radical (unpaired) electrons. The molecule has 3 aromatic rings. The van der Waals surface area contributed by atoms with Crippen molar-refractivity contribution in [3.05, 3.63) is 76.5 Å². The number of nitrogens with one attached hydrogen (secondary N) is 1. The van der Waals surface area contributed by atoms with E-state index in [9.17, 15) is 9.59 Å². The highest BCUT2D eigenvalue weighted by Crippen LogP contribution is 2.23. The fraction of sp³-hybridized carbons (Fsp3) is 0.182. The maximum atomic E-state index is 12.4. The minimum Gasteiger partial charge on any atom is -0.497 e. The van der Waals surface area contributed by atoms with Gasteiger partial charge in [-0.25, -0.2) is 0 Å². The molecule has 0 aliphatic rings. The Morgan fingerprint density at radius 2 is 1.79 bits per heavy atom. The summed E-state index contributed by atoms with van der Waals surface area (Å²) in [6.07, 6.45) is 0.328. The highest BCUT2D eigenvalue weighted by molar-refractivity contribution is 7.09. The van der Waals surface area contributed by atoms with E-state index in [2.05, 4.69) is 16.3 Å². The fourth-order valence-corrected chi connectivity index (χ4v) is 3.58. The normalized spacial score (nSPS) is 10.4. The van der Waals surface area contributed by atoms with Gasteiger partial charge < -0.3 is 20.7 Å². The van der Waals surface area contributed by atoms with Gasteiger partial charge in [-0.05, 0) is 60.0 Å². The van der Waals surface area contributed by atoms with Crippen LogP contribution in [0.15, 0.2) is 66.0 Å². The molecule has 6 nitrogen and oxygen atoms in total. The van der Waals surface area contributed by atoms with E-state index in [1.807, 2.05) is 35.7 Å². The SMILES string of the molecule is COc1ccc(N(CCC(=O)Nc2ccc(C(N)=O)cc2)Cc2cccs2)cc1. The molecule has 29 heavy (non-hydrogen) atoms. The Labute approximate surface area is 173 Å². The van der Waals surface area contributed by atoms with Crippen LogP contribution in [0.2, 0.25) is 0 Å². The molecule has 1 heterocycles. The third-order valence-electron chi connectivity index (χ3n) is 4.43. The number of rotatable bonds is 9. The van der Waals surface area contributed by atoms with E-state index >= 15 is 0 Å². The van der Waals surface area contributed by atoms with Crippen LogP contribution in [0.3, 0.4) is 0 Å². The molecule has 0 saturated heterocycles. The lowest BCUT2D eigenvalue weighted by atomic mass is 10.2. The molecule has 0 fully saturated rings. The van der Waals surface area contributed by atoms with Gasteiger partial charge >= 0.3 is 0 Å². The van der Waals surface area contributed by atoms with Crippen LogP contribution in [0.5, 0.6) is 5.75 Å². The first-order valence-electron chi connectivity index (χ1n) is 9.16. The zero-order chi connectivity index (χ0) is 20.6. The molecule has 150 valence electrons. The third kappa shape index (κ3) is 5.83. The van der Waals surface area contributed by atoms with Crippen LogP contribution in [0, 0.1) is 0 Å². The number of hydrogen-bond donors (Lipinski definition) is 2. The molecule has 0 bridgehead atoms. The summed E-state index contributed by atoms with van der Waals surface area (Å²) in [5.74, 6) is 0.204. The van der Waals surface area contributed by atoms with Gasteiger partial charge in [0.2, 0.25) is 11.8 Å². The van der Waals surface area contributed by atoms with E-state index in [0.29, 0.717) is 24.2 Å². The number of carbonyl (C=O) groups excluding carboxylic acids is 2. The fourth-order valence-electron chi connectivity index (χ4n) is 2.86. The zero-order valence-electron chi connectivity index (χ0n) is 16.1. The second-order valence-electron chi connectivity index (χ2n) is 6.44. The van der Waals surface area contributed by atoms with Crippen molar-refractivity contribution in [1.82, 2.24) is 0 Å². The van der Waals surface area contributed by atoms with Gasteiger partial charge in [0.1, 0.15) is 5.75 Å². The van der Waals surface area contributed by atoms with Crippen molar-refractivity contribution in [2.45, 2.75) is 13.0 Å². The molecule has 3 rings (SSSR count). The third-order valence-corrected chi connectivity index (χ3v) is 5.29. The molecule has 0 saturated carbocycles. The molecule has 0 aliphatic heterocycles. The minimum atomic E-state index is -0.494. The van der Waals surface area contributed by atoms with E-state index in [1.54, 1.807) is 42.7 Å². The maximum Gasteiger partial charge on any atom is 0.248 e. The number of ether oxygens (including phenoxy) is 1. The summed E-state index contributed by atoms with van der Waals surface area (Å²) in [7, 11) is 1.64. The summed E-state index contributed by atoms with van der Waals surface area (Å²) >= 11 is 1.69. The number of anilines is 2. The quantitative estimate of drug-likeness (QED) is 0.561. The molecule has 7 heteroatoms. The lowest BCUT2D eigenvalue weighted by Gasteiger charge is -2.24. The summed E-state index contributed by atoms with van der Waals surface area (Å²) in [6, 6.07) is 18.5. The molecular weight excluding hydrogens is 386 g/mol. The summed E-state index contributed by atoms with van der Waals surface area (Å²) in [4.78, 5) is 27.0. The summed E-state index contributed by atoms with van der Waals surface area (Å²) in [5.41, 5.74) is 7.30. The Morgan fingerprint density at radius 1 is 1.07 bits per heavy atom. The Kier molecular flexibility index (Phi) is 6.86. The van der Waals surface area contributed by atoms with Crippen LogP contribution < -0.4 is 20.7 Å². The minimum absolute atomic E-state index is 0.0958. The van der Waals surface area contributed by atoms with Gasteiger partial charge in [-0.1, -0.05) is 6.07 Å². The smallest absolute Gasteiger partial charge is 0.248 e. The van der Waals surface area contributed by atoms with E-state index in [0.717, 1.165) is 18.0 Å². The molecule has 3 N–H and O–H groups in total. The van der Waals surface area contributed by atoms with Crippen molar-refractivity contribution >= 4 is 34.5 Å². The van der Waals surface area contributed by atoms with E-state index in [1.165, 1.54) is 4.88 Å². The first kappa shape index (κ1) is 20.4. The monoisotopic (exact) mass is 409 g/mol. The van der Waals surface area contributed by atoms with Gasteiger partial charge in [-0.15, -0.1) is 11.3 Å². The average molecular weight is 410 g/mol. The van der Waals surface area contributed by atoms with Gasteiger partial charge in [0.25, 0.3) is 0 Å². The first-order chi connectivity index (χ1) is 14.0. The highest BCUT2D eigenvalue weighted by atomic mass is 32.1. The van der Waals surface area contributed by atoms with Crippen molar-refractivity contribution in [3.63, 3.8) is 0 Å². The molecule has 1 aromatic heterocycles. The van der Waals surface area contributed by atoms with Crippen LogP contribution >= 0.6 is 11.3 Å². The van der Waals surface area contributed by atoms with Crippen molar-refractivity contribution in [3.8, 4) is 5.75 Å². The summed E-state index contributed by atoms with van der Waals surface area (Å²) in [5, 5.41) is 4.90. The topological polar surface area (TPSA) is 84.7 Å².